The van der Waals surface area contributed by atoms with Crippen LogP contribution < -0.4 is 0 Å². The molecule has 0 atom stereocenters. The summed E-state index contributed by atoms with van der Waals surface area (Å²) in [5, 5.41) is 24.1. The van der Waals surface area contributed by atoms with E-state index in [9.17, 15) is 10.1 Å². The molecule has 6 nitrogen and oxygen atoms in total. The zero-order valence-corrected chi connectivity index (χ0v) is 11.8. The van der Waals surface area contributed by atoms with Crippen LogP contribution in [-0.4, -0.2) is 14.7 Å². The summed E-state index contributed by atoms with van der Waals surface area (Å²) in [4.78, 5) is 10.5. The molecule has 96 valence electrons. The molecule has 0 amide bonds. The van der Waals surface area contributed by atoms with Crippen molar-refractivity contribution in [3.05, 3.63) is 49.7 Å². The molecule has 2 aromatic rings. The Balaban J connectivity index is 2.67. The Hall–Kier alpha value is -2.20. The third kappa shape index (κ3) is 2.35. The highest BCUT2D eigenvalue weighted by Gasteiger charge is 2.22. The molecule has 0 saturated carbocycles. The average Bonchev–Trinajstić information content (AvgIpc) is 2.63. The molecule has 0 radical (unpaired) electrons. The highest BCUT2D eigenvalue weighted by molar-refractivity contribution is 9.10. The maximum atomic E-state index is 11.0. The molecule has 0 N–H and O–H groups in total. The zero-order valence-electron chi connectivity index (χ0n) is 10.2. The van der Waals surface area contributed by atoms with E-state index in [2.05, 4.69) is 21.0 Å². The van der Waals surface area contributed by atoms with Gasteiger partial charge in [-0.2, -0.15) is 10.4 Å². The number of aromatic nitrogens is 2. The quantitative estimate of drug-likeness (QED) is 0.628. The number of hydrogen-bond donors (Lipinski definition) is 0. The van der Waals surface area contributed by atoms with Gasteiger partial charge < -0.3 is 0 Å². The van der Waals surface area contributed by atoms with Gasteiger partial charge in [-0.1, -0.05) is 15.9 Å². The van der Waals surface area contributed by atoms with E-state index in [0.717, 1.165) is 4.47 Å². The molecule has 7 heteroatoms. The van der Waals surface area contributed by atoms with E-state index in [4.69, 9.17) is 5.26 Å². The van der Waals surface area contributed by atoms with Crippen molar-refractivity contribution in [2.75, 3.05) is 0 Å². The van der Waals surface area contributed by atoms with Gasteiger partial charge >= 0.3 is 5.69 Å². The number of nitriles is 1. The van der Waals surface area contributed by atoms with Crippen molar-refractivity contribution in [2.24, 2.45) is 0 Å². The number of nitro groups is 1. The average molecular weight is 321 g/mol. The van der Waals surface area contributed by atoms with Crippen LogP contribution in [0.15, 0.2) is 22.7 Å². The van der Waals surface area contributed by atoms with Crippen LogP contribution in [0.3, 0.4) is 0 Å². The van der Waals surface area contributed by atoms with Crippen LogP contribution in [0.25, 0.3) is 5.69 Å². The van der Waals surface area contributed by atoms with Gasteiger partial charge in [-0.3, -0.25) is 10.1 Å². The molecule has 0 aliphatic rings. The minimum Gasteiger partial charge on any atom is -0.258 e. The Morgan fingerprint density at radius 1 is 1.42 bits per heavy atom. The second-order valence-electron chi connectivity index (χ2n) is 4.00. The monoisotopic (exact) mass is 320 g/mol. The molecule has 1 aromatic carbocycles. The van der Waals surface area contributed by atoms with E-state index in [-0.39, 0.29) is 5.69 Å². The summed E-state index contributed by atoms with van der Waals surface area (Å²) in [6.45, 7) is 3.22. The summed E-state index contributed by atoms with van der Waals surface area (Å²) in [5.41, 5.74) is 1.85. The van der Waals surface area contributed by atoms with Crippen LogP contribution in [-0.2, 0) is 0 Å². The molecule has 1 heterocycles. The van der Waals surface area contributed by atoms with Crippen LogP contribution in [0.5, 0.6) is 0 Å². The van der Waals surface area contributed by atoms with E-state index in [1.807, 2.05) is 6.07 Å². The van der Waals surface area contributed by atoms with Gasteiger partial charge in [0.2, 0.25) is 0 Å². The van der Waals surface area contributed by atoms with Crippen LogP contribution in [0.1, 0.15) is 17.0 Å². The lowest BCUT2D eigenvalue weighted by atomic mass is 10.2. The lowest BCUT2D eigenvalue weighted by molar-refractivity contribution is -0.386. The third-order valence-corrected chi connectivity index (χ3v) is 3.15. The van der Waals surface area contributed by atoms with Crippen molar-refractivity contribution in [1.82, 2.24) is 9.78 Å². The lowest BCUT2D eigenvalue weighted by Gasteiger charge is -2.04. The third-order valence-electron chi connectivity index (χ3n) is 2.69. The minimum absolute atomic E-state index is 0.00140. The minimum atomic E-state index is -0.447. The van der Waals surface area contributed by atoms with Crippen molar-refractivity contribution in [2.45, 2.75) is 13.8 Å². The van der Waals surface area contributed by atoms with Crippen LogP contribution in [0, 0.1) is 35.3 Å². The van der Waals surface area contributed by atoms with Crippen molar-refractivity contribution >= 4 is 21.6 Å². The highest BCUT2D eigenvalue weighted by atomic mass is 79.9. The number of hydrogen-bond acceptors (Lipinski definition) is 4. The normalized spacial score (nSPS) is 10.2. The summed E-state index contributed by atoms with van der Waals surface area (Å²) in [6.07, 6.45) is 0. The van der Waals surface area contributed by atoms with Gasteiger partial charge in [-0.25, -0.2) is 4.68 Å². The standard InChI is InChI=1S/C12H9BrN4O2/c1-7-12(17(18)19)8(2)16(15-7)11-4-9(6-14)3-10(13)5-11/h3-5H,1-2H3. The maximum Gasteiger partial charge on any atom is 0.313 e. The molecular formula is C12H9BrN4O2. The second-order valence-corrected chi connectivity index (χ2v) is 4.91. The van der Waals surface area contributed by atoms with Gasteiger partial charge in [0.25, 0.3) is 0 Å². The number of aryl methyl sites for hydroxylation is 1. The van der Waals surface area contributed by atoms with E-state index in [0.29, 0.717) is 22.6 Å². The number of rotatable bonds is 2. The summed E-state index contributed by atoms with van der Waals surface area (Å²) in [5.74, 6) is 0. The van der Waals surface area contributed by atoms with Gasteiger partial charge in [0, 0.05) is 4.47 Å². The molecule has 19 heavy (non-hydrogen) atoms. The van der Waals surface area contributed by atoms with Gasteiger partial charge in [-0.15, -0.1) is 0 Å². The molecule has 0 saturated heterocycles. The zero-order chi connectivity index (χ0) is 14.2. The van der Waals surface area contributed by atoms with Crippen molar-refractivity contribution in [1.29, 1.82) is 5.26 Å². The maximum absolute atomic E-state index is 11.0. The SMILES string of the molecule is Cc1nn(-c2cc(Br)cc(C#N)c2)c(C)c1[N+](=O)[O-]. The summed E-state index contributed by atoms with van der Waals surface area (Å²) < 4.78 is 2.19. The Morgan fingerprint density at radius 3 is 2.63 bits per heavy atom. The Kier molecular flexibility index (Phi) is 3.36. The van der Waals surface area contributed by atoms with Crippen LogP contribution in [0.4, 0.5) is 5.69 Å². The largest absolute Gasteiger partial charge is 0.313 e. The smallest absolute Gasteiger partial charge is 0.258 e. The summed E-state index contributed by atoms with van der Waals surface area (Å²) in [7, 11) is 0. The molecular weight excluding hydrogens is 312 g/mol. The molecule has 2 rings (SSSR count). The Morgan fingerprint density at radius 2 is 2.11 bits per heavy atom. The van der Waals surface area contributed by atoms with E-state index in [1.165, 1.54) is 4.68 Å². The van der Waals surface area contributed by atoms with Crippen molar-refractivity contribution in [3.8, 4) is 11.8 Å². The van der Waals surface area contributed by atoms with E-state index >= 15 is 0 Å². The van der Waals surface area contributed by atoms with Crippen molar-refractivity contribution in [3.63, 3.8) is 0 Å². The second kappa shape index (κ2) is 4.82. The predicted octanol–water partition coefficient (Wildman–Crippen LogP) is 3.03. The van der Waals surface area contributed by atoms with Crippen LogP contribution >= 0.6 is 15.9 Å². The van der Waals surface area contributed by atoms with Gasteiger partial charge in [0.05, 0.1) is 22.2 Å². The molecule has 1 aromatic heterocycles. The first-order chi connectivity index (χ1) is 8.93. The molecule has 0 aliphatic heterocycles. The first-order valence-corrected chi connectivity index (χ1v) is 6.15. The Bertz CT molecular complexity index is 715. The number of nitrogens with zero attached hydrogens (tertiary/aromatic N) is 4. The highest BCUT2D eigenvalue weighted by Crippen LogP contribution is 2.26. The first kappa shape index (κ1) is 13.2. The summed E-state index contributed by atoms with van der Waals surface area (Å²) in [6, 6.07) is 7.09. The molecule has 0 aliphatic carbocycles. The first-order valence-electron chi connectivity index (χ1n) is 5.35. The van der Waals surface area contributed by atoms with Gasteiger partial charge in [0.15, 0.2) is 0 Å². The Labute approximate surface area is 117 Å². The lowest BCUT2D eigenvalue weighted by Crippen LogP contribution is -2.00. The number of halogens is 1. The van der Waals surface area contributed by atoms with Gasteiger partial charge in [-0.05, 0) is 32.0 Å². The van der Waals surface area contributed by atoms with Crippen molar-refractivity contribution < 1.29 is 4.92 Å². The topological polar surface area (TPSA) is 84.8 Å². The fraction of sp³-hybridized carbons (Fsp3) is 0.167. The molecule has 0 bridgehead atoms. The van der Waals surface area contributed by atoms with Gasteiger partial charge in [0.1, 0.15) is 11.4 Å². The number of benzene rings is 1. The molecule has 0 unspecified atom stereocenters. The molecule has 0 fully saturated rings. The molecule has 0 spiro atoms. The van der Waals surface area contributed by atoms with E-state index < -0.39 is 4.92 Å². The fourth-order valence-electron chi connectivity index (χ4n) is 1.91. The fourth-order valence-corrected chi connectivity index (χ4v) is 2.39. The van der Waals surface area contributed by atoms with Crippen LogP contribution in [0.2, 0.25) is 0 Å². The van der Waals surface area contributed by atoms with E-state index in [1.54, 1.807) is 32.0 Å². The summed E-state index contributed by atoms with van der Waals surface area (Å²) >= 11 is 3.30. The predicted molar refractivity (Wildman–Crippen MR) is 72.1 cm³/mol.